The minimum atomic E-state index is -0.428. The fourth-order valence-electron chi connectivity index (χ4n) is 2.43. The zero-order valence-electron chi connectivity index (χ0n) is 13.1. The molecule has 7 nitrogen and oxygen atoms in total. The Morgan fingerprint density at radius 2 is 2.12 bits per heavy atom. The molecule has 0 saturated heterocycles. The number of thiazole rings is 1. The molecule has 1 aromatic carbocycles. The molecule has 0 N–H and O–H groups in total. The zero-order valence-corrected chi connectivity index (χ0v) is 14.7. The SMILES string of the molecule is COC(=O)Cn1c(=NC(=O)c2cccs2)sc2cc3c(cc21)OCO3. The fourth-order valence-corrected chi connectivity index (χ4v) is 4.08. The lowest BCUT2D eigenvalue weighted by atomic mass is 10.3. The summed E-state index contributed by atoms with van der Waals surface area (Å²) in [5.41, 5.74) is 0.734. The third-order valence-corrected chi connectivity index (χ3v) is 5.52. The van der Waals surface area contributed by atoms with Crippen LogP contribution in [0.5, 0.6) is 11.5 Å². The fraction of sp³-hybridized carbons (Fsp3) is 0.188. The van der Waals surface area contributed by atoms with E-state index >= 15 is 0 Å². The number of methoxy groups -OCH3 is 1. The maximum absolute atomic E-state index is 12.3. The van der Waals surface area contributed by atoms with Crippen molar-refractivity contribution in [2.75, 3.05) is 13.9 Å². The van der Waals surface area contributed by atoms with E-state index in [0.29, 0.717) is 21.2 Å². The van der Waals surface area contributed by atoms with Crippen LogP contribution in [0.4, 0.5) is 0 Å². The van der Waals surface area contributed by atoms with Crippen molar-refractivity contribution in [1.29, 1.82) is 0 Å². The number of carbonyl (C=O) groups excluding carboxylic acids is 2. The molecule has 3 heterocycles. The Labute approximate surface area is 149 Å². The first-order chi connectivity index (χ1) is 12.2. The van der Waals surface area contributed by atoms with Gasteiger partial charge < -0.3 is 18.8 Å². The third kappa shape index (κ3) is 2.92. The summed E-state index contributed by atoms with van der Waals surface area (Å²) in [6.07, 6.45) is 0. The van der Waals surface area contributed by atoms with Crippen molar-refractivity contribution >= 4 is 44.8 Å². The topological polar surface area (TPSA) is 79.1 Å². The largest absolute Gasteiger partial charge is 0.468 e. The molecular weight excluding hydrogens is 364 g/mol. The van der Waals surface area contributed by atoms with Crippen molar-refractivity contribution in [3.63, 3.8) is 0 Å². The maximum atomic E-state index is 12.3. The molecular formula is C16H12N2O5S2. The number of rotatable bonds is 3. The summed E-state index contributed by atoms with van der Waals surface area (Å²) < 4.78 is 18.0. The Hall–Kier alpha value is -2.65. The average Bonchev–Trinajstić information content (AvgIpc) is 3.33. The average molecular weight is 376 g/mol. The molecule has 0 saturated carbocycles. The van der Waals surface area contributed by atoms with Gasteiger partial charge in [-0.3, -0.25) is 9.59 Å². The molecule has 1 amide bonds. The molecule has 4 rings (SSSR count). The van der Waals surface area contributed by atoms with Gasteiger partial charge in [0.05, 0.1) is 22.2 Å². The van der Waals surface area contributed by atoms with E-state index in [4.69, 9.17) is 14.2 Å². The summed E-state index contributed by atoms with van der Waals surface area (Å²) in [7, 11) is 1.32. The van der Waals surface area contributed by atoms with Gasteiger partial charge in [0, 0.05) is 12.1 Å². The van der Waals surface area contributed by atoms with Crippen molar-refractivity contribution in [3.8, 4) is 11.5 Å². The Bertz CT molecular complexity index is 1030. The van der Waals surface area contributed by atoms with Gasteiger partial charge >= 0.3 is 5.97 Å². The van der Waals surface area contributed by atoms with E-state index in [9.17, 15) is 9.59 Å². The Morgan fingerprint density at radius 1 is 1.32 bits per heavy atom. The lowest BCUT2D eigenvalue weighted by Crippen LogP contribution is -2.22. The normalized spacial score (nSPS) is 13.4. The van der Waals surface area contributed by atoms with E-state index in [0.717, 1.165) is 10.2 Å². The molecule has 0 spiro atoms. The molecule has 128 valence electrons. The minimum absolute atomic E-state index is 0.0489. The maximum Gasteiger partial charge on any atom is 0.325 e. The number of esters is 1. The lowest BCUT2D eigenvalue weighted by molar-refractivity contribution is -0.141. The van der Waals surface area contributed by atoms with E-state index in [2.05, 4.69) is 4.99 Å². The van der Waals surface area contributed by atoms with Gasteiger partial charge in [-0.15, -0.1) is 11.3 Å². The molecule has 0 bridgehead atoms. The first kappa shape index (κ1) is 15.9. The van der Waals surface area contributed by atoms with Gasteiger partial charge in [0.15, 0.2) is 16.3 Å². The second-order valence-corrected chi connectivity index (χ2v) is 7.07. The zero-order chi connectivity index (χ0) is 17.4. The highest BCUT2D eigenvalue weighted by atomic mass is 32.1. The number of nitrogens with zero attached hydrogens (tertiary/aromatic N) is 2. The van der Waals surface area contributed by atoms with Crippen LogP contribution in [-0.4, -0.2) is 30.3 Å². The van der Waals surface area contributed by atoms with Crippen LogP contribution in [0.15, 0.2) is 34.6 Å². The van der Waals surface area contributed by atoms with Crippen LogP contribution < -0.4 is 14.3 Å². The molecule has 0 atom stereocenters. The first-order valence-corrected chi connectivity index (χ1v) is 8.97. The smallest absolute Gasteiger partial charge is 0.325 e. The number of amides is 1. The summed E-state index contributed by atoms with van der Waals surface area (Å²) in [5.74, 6) is 0.456. The molecule has 0 radical (unpaired) electrons. The predicted molar refractivity (Wildman–Crippen MR) is 92.2 cm³/mol. The van der Waals surface area contributed by atoms with E-state index in [1.165, 1.54) is 29.8 Å². The highest BCUT2D eigenvalue weighted by molar-refractivity contribution is 7.16. The number of hydrogen-bond donors (Lipinski definition) is 0. The number of aromatic nitrogens is 1. The van der Waals surface area contributed by atoms with Gasteiger partial charge in [-0.2, -0.15) is 4.99 Å². The van der Waals surface area contributed by atoms with Crippen molar-refractivity contribution in [2.45, 2.75) is 6.54 Å². The van der Waals surface area contributed by atoms with Gasteiger partial charge in [-0.05, 0) is 11.4 Å². The van der Waals surface area contributed by atoms with Crippen LogP contribution in [0.3, 0.4) is 0 Å². The molecule has 9 heteroatoms. The summed E-state index contributed by atoms with van der Waals surface area (Å²) in [6, 6.07) is 7.11. The van der Waals surface area contributed by atoms with Crippen LogP contribution in [0.2, 0.25) is 0 Å². The Kier molecular flexibility index (Phi) is 4.02. The molecule has 0 unspecified atom stereocenters. The molecule has 1 aliphatic heterocycles. The van der Waals surface area contributed by atoms with E-state index in [-0.39, 0.29) is 19.2 Å². The van der Waals surface area contributed by atoms with Gasteiger partial charge in [0.2, 0.25) is 6.79 Å². The molecule has 3 aromatic rings. The van der Waals surface area contributed by atoms with Crippen LogP contribution >= 0.6 is 22.7 Å². The molecule has 25 heavy (non-hydrogen) atoms. The van der Waals surface area contributed by atoms with Crippen molar-refractivity contribution in [2.24, 2.45) is 4.99 Å². The van der Waals surface area contributed by atoms with Gasteiger partial charge in [-0.25, -0.2) is 0 Å². The predicted octanol–water partition coefficient (Wildman–Crippen LogP) is 2.41. The number of fused-ring (bicyclic) bond motifs is 2. The molecule has 2 aromatic heterocycles. The van der Waals surface area contributed by atoms with Crippen LogP contribution in [-0.2, 0) is 16.1 Å². The number of ether oxygens (including phenoxy) is 3. The van der Waals surface area contributed by atoms with Gasteiger partial charge in [-0.1, -0.05) is 17.4 Å². The van der Waals surface area contributed by atoms with Crippen LogP contribution in [0.25, 0.3) is 10.2 Å². The summed E-state index contributed by atoms with van der Waals surface area (Å²) in [4.78, 5) is 29.3. The van der Waals surface area contributed by atoms with Crippen LogP contribution in [0, 0.1) is 0 Å². The quantitative estimate of drug-likeness (QED) is 0.656. The van der Waals surface area contributed by atoms with E-state index in [1.807, 2.05) is 11.4 Å². The first-order valence-electron chi connectivity index (χ1n) is 7.28. The van der Waals surface area contributed by atoms with Crippen molar-refractivity contribution in [3.05, 3.63) is 39.3 Å². The van der Waals surface area contributed by atoms with Gasteiger partial charge in [0.25, 0.3) is 5.91 Å². The summed E-state index contributed by atoms with van der Waals surface area (Å²) >= 11 is 2.62. The second kappa shape index (κ2) is 6.34. The Balaban J connectivity index is 1.88. The van der Waals surface area contributed by atoms with E-state index in [1.54, 1.807) is 22.8 Å². The standard InChI is InChI=1S/C16H12N2O5S2/c1-21-14(19)7-18-9-5-10-11(23-8-22-10)6-13(9)25-16(18)17-15(20)12-3-2-4-24-12/h2-6H,7-8H2,1H3. The lowest BCUT2D eigenvalue weighted by Gasteiger charge is -2.04. The minimum Gasteiger partial charge on any atom is -0.468 e. The summed E-state index contributed by atoms with van der Waals surface area (Å²) in [5, 5.41) is 1.81. The van der Waals surface area contributed by atoms with Crippen molar-refractivity contribution < 1.29 is 23.8 Å². The van der Waals surface area contributed by atoms with Crippen LogP contribution in [0.1, 0.15) is 9.67 Å². The second-order valence-electron chi connectivity index (χ2n) is 5.11. The monoisotopic (exact) mass is 376 g/mol. The molecule has 0 aliphatic carbocycles. The van der Waals surface area contributed by atoms with Gasteiger partial charge in [0.1, 0.15) is 6.54 Å². The highest BCUT2D eigenvalue weighted by Crippen LogP contribution is 2.37. The summed E-state index contributed by atoms with van der Waals surface area (Å²) in [6.45, 7) is 0.115. The number of benzene rings is 1. The third-order valence-electron chi connectivity index (χ3n) is 3.62. The van der Waals surface area contributed by atoms with Crippen molar-refractivity contribution in [1.82, 2.24) is 4.57 Å². The Morgan fingerprint density at radius 3 is 2.84 bits per heavy atom. The van der Waals surface area contributed by atoms with E-state index < -0.39 is 5.97 Å². The molecule has 0 fully saturated rings. The number of thiophene rings is 1. The highest BCUT2D eigenvalue weighted by Gasteiger charge is 2.19. The molecule has 1 aliphatic rings. The number of hydrogen-bond acceptors (Lipinski definition) is 7. The number of carbonyl (C=O) groups is 2.